The molecule has 2 aliphatic rings. The zero-order valence-electron chi connectivity index (χ0n) is 15.4. The molecule has 0 aliphatic heterocycles. The number of hydrogen-bond acceptors (Lipinski definition) is 5. The van der Waals surface area contributed by atoms with E-state index in [-0.39, 0.29) is 0 Å². The first kappa shape index (κ1) is 19.7. The zero-order chi connectivity index (χ0) is 18.5. The molecule has 140 valence electrons. The lowest BCUT2D eigenvalue weighted by Crippen LogP contribution is -2.52. The Morgan fingerprint density at radius 3 is 1.40 bits per heavy atom. The molecule has 0 spiro atoms. The third-order valence-corrected chi connectivity index (χ3v) is 5.35. The third kappa shape index (κ3) is 5.18. The van der Waals surface area contributed by atoms with E-state index >= 15 is 0 Å². The first-order valence-electron chi connectivity index (χ1n) is 9.23. The molecule has 0 radical (unpaired) electrons. The molecule has 0 saturated heterocycles. The van der Waals surface area contributed by atoms with Crippen LogP contribution in [0, 0.1) is 11.8 Å². The first-order chi connectivity index (χ1) is 11.8. The lowest BCUT2D eigenvalue weighted by Gasteiger charge is -2.47. The van der Waals surface area contributed by atoms with Crippen LogP contribution in [0.25, 0.3) is 0 Å². The lowest BCUT2D eigenvalue weighted by atomic mass is 9.83. The van der Waals surface area contributed by atoms with E-state index in [1.165, 1.54) is 0 Å². The van der Waals surface area contributed by atoms with Crippen LogP contribution in [0.1, 0.15) is 65.2 Å². The van der Waals surface area contributed by atoms with Crippen LogP contribution in [-0.4, -0.2) is 23.5 Å². The summed E-state index contributed by atoms with van der Waals surface area (Å²) in [6, 6.07) is 0. The molecule has 0 bridgehead atoms. The molecule has 2 saturated carbocycles. The van der Waals surface area contributed by atoms with Gasteiger partial charge in [-0.25, -0.2) is 9.59 Å². The fraction of sp³-hybridized carbons (Fsp3) is 0.700. The van der Waals surface area contributed by atoms with E-state index in [1.54, 1.807) is 0 Å². The number of carbonyl (C=O) groups is 2. The largest absolute Gasteiger partial charge is 0.430 e. The van der Waals surface area contributed by atoms with E-state index in [2.05, 4.69) is 27.0 Å². The summed E-state index contributed by atoms with van der Waals surface area (Å²) in [5.41, 5.74) is 0. The second-order valence-electron chi connectivity index (χ2n) is 7.54. The van der Waals surface area contributed by atoms with Crippen molar-refractivity contribution < 1.29 is 23.8 Å². The van der Waals surface area contributed by atoms with E-state index < -0.39 is 23.5 Å². The summed E-state index contributed by atoms with van der Waals surface area (Å²) in [6.45, 7) is 11.3. The molecule has 2 aliphatic carbocycles. The summed E-state index contributed by atoms with van der Waals surface area (Å²) in [7, 11) is 0. The minimum atomic E-state index is -1.06. The molecule has 0 N–H and O–H groups in total. The molecule has 5 nitrogen and oxygen atoms in total. The van der Waals surface area contributed by atoms with E-state index in [0.717, 1.165) is 37.8 Å². The molecule has 2 rings (SSSR count). The van der Waals surface area contributed by atoms with Gasteiger partial charge in [-0.15, -0.1) is 0 Å². The van der Waals surface area contributed by atoms with Crippen LogP contribution in [0.2, 0.25) is 0 Å². The Morgan fingerprint density at radius 2 is 1.12 bits per heavy atom. The number of carbonyl (C=O) groups excluding carboxylic acids is 2. The summed E-state index contributed by atoms with van der Waals surface area (Å²) in [6.07, 6.45) is 8.25. The number of hydrogen-bond donors (Lipinski definition) is 0. The quantitative estimate of drug-likeness (QED) is 0.406. The van der Waals surface area contributed by atoms with Crippen molar-refractivity contribution in [2.24, 2.45) is 11.8 Å². The molecule has 2 fully saturated rings. The zero-order valence-corrected chi connectivity index (χ0v) is 15.4. The van der Waals surface area contributed by atoms with Crippen molar-refractivity contribution in [3.05, 3.63) is 25.3 Å². The van der Waals surface area contributed by atoms with Crippen molar-refractivity contribution in [1.82, 2.24) is 0 Å². The van der Waals surface area contributed by atoms with Crippen LogP contribution in [-0.2, 0) is 23.8 Å². The SMILES string of the molecule is C=CC(=O)OC1(OC2(OC(=O)C=C)CCC(C)CC2)CCC(C)CC1. The predicted octanol–water partition coefficient (Wildman–Crippen LogP) is 4.27. The summed E-state index contributed by atoms with van der Waals surface area (Å²) >= 11 is 0. The summed E-state index contributed by atoms with van der Waals surface area (Å²) in [5.74, 6) is -2.03. The summed E-state index contributed by atoms with van der Waals surface area (Å²) in [4.78, 5) is 23.8. The van der Waals surface area contributed by atoms with Gasteiger partial charge in [-0.2, -0.15) is 0 Å². The fourth-order valence-corrected chi connectivity index (χ4v) is 3.64. The van der Waals surface area contributed by atoms with Gasteiger partial charge in [-0.05, 0) is 37.5 Å². The van der Waals surface area contributed by atoms with Crippen molar-refractivity contribution in [3.63, 3.8) is 0 Å². The highest BCUT2D eigenvalue weighted by Crippen LogP contribution is 2.44. The van der Waals surface area contributed by atoms with Gasteiger partial charge in [0, 0.05) is 37.8 Å². The molecule has 5 heteroatoms. The van der Waals surface area contributed by atoms with E-state index in [0.29, 0.717) is 37.5 Å². The predicted molar refractivity (Wildman–Crippen MR) is 94.4 cm³/mol. The molecule has 0 amide bonds. The van der Waals surface area contributed by atoms with Crippen LogP contribution < -0.4 is 0 Å². The maximum Gasteiger partial charge on any atom is 0.332 e. The standard InChI is InChI=1S/C20H30O5/c1-5-17(21)23-19(11-7-15(3)8-12-19)25-20(24-18(22)6-2)13-9-16(4)10-14-20/h5-6,15-16H,1-2,7-14H2,3-4H3. The summed E-state index contributed by atoms with van der Waals surface area (Å²) < 4.78 is 17.7. The Hall–Kier alpha value is -1.62. The highest BCUT2D eigenvalue weighted by molar-refractivity contribution is 5.82. The van der Waals surface area contributed by atoms with Crippen molar-refractivity contribution >= 4 is 11.9 Å². The van der Waals surface area contributed by atoms with Gasteiger partial charge in [0.1, 0.15) is 0 Å². The van der Waals surface area contributed by atoms with Crippen LogP contribution in [0.3, 0.4) is 0 Å². The van der Waals surface area contributed by atoms with Crippen molar-refractivity contribution in [3.8, 4) is 0 Å². The number of esters is 2. The normalized spacial score (nSPS) is 35.4. The maximum atomic E-state index is 11.9. The molecule has 0 aromatic rings. The summed E-state index contributed by atoms with van der Waals surface area (Å²) in [5, 5.41) is 0. The third-order valence-electron chi connectivity index (χ3n) is 5.35. The average molecular weight is 350 g/mol. The molecule has 0 unspecified atom stereocenters. The Labute approximate surface area is 150 Å². The maximum absolute atomic E-state index is 11.9. The van der Waals surface area contributed by atoms with Crippen molar-refractivity contribution in [2.45, 2.75) is 76.8 Å². The molecule has 0 heterocycles. The van der Waals surface area contributed by atoms with Crippen LogP contribution >= 0.6 is 0 Å². The van der Waals surface area contributed by atoms with Crippen molar-refractivity contribution in [1.29, 1.82) is 0 Å². The van der Waals surface area contributed by atoms with Gasteiger partial charge in [0.15, 0.2) is 0 Å². The number of rotatable bonds is 6. The van der Waals surface area contributed by atoms with Gasteiger partial charge in [-0.1, -0.05) is 27.0 Å². The molecular formula is C20H30O5. The Kier molecular flexibility index (Phi) is 6.44. The van der Waals surface area contributed by atoms with Gasteiger partial charge >= 0.3 is 11.9 Å². The van der Waals surface area contributed by atoms with Gasteiger partial charge in [-0.3, -0.25) is 4.74 Å². The molecular weight excluding hydrogens is 320 g/mol. The van der Waals surface area contributed by atoms with Crippen LogP contribution in [0.4, 0.5) is 0 Å². The number of ether oxygens (including phenoxy) is 3. The highest BCUT2D eigenvalue weighted by atomic mass is 16.8. The van der Waals surface area contributed by atoms with Crippen LogP contribution in [0.5, 0.6) is 0 Å². The molecule has 0 aromatic heterocycles. The second-order valence-corrected chi connectivity index (χ2v) is 7.54. The van der Waals surface area contributed by atoms with E-state index in [4.69, 9.17) is 14.2 Å². The minimum absolute atomic E-state index is 0.510. The first-order valence-corrected chi connectivity index (χ1v) is 9.23. The van der Waals surface area contributed by atoms with E-state index in [9.17, 15) is 9.59 Å². The van der Waals surface area contributed by atoms with Gasteiger partial charge < -0.3 is 9.47 Å². The van der Waals surface area contributed by atoms with Crippen LogP contribution in [0.15, 0.2) is 25.3 Å². The van der Waals surface area contributed by atoms with Gasteiger partial charge in [0.25, 0.3) is 0 Å². The Bertz CT molecular complexity index is 462. The van der Waals surface area contributed by atoms with Gasteiger partial charge in [0.2, 0.25) is 11.6 Å². The second kappa shape index (κ2) is 8.17. The molecule has 0 atom stereocenters. The smallest absolute Gasteiger partial charge is 0.332 e. The topological polar surface area (TPSA) is 61.8 Å². The highest BCUT2D eigenvalue weighted by Gasteiger charge is 2.49. The fourth-order valence-electron chi connectivity index (χ4n) is 3.64. The Morgan fingerprint density at radius 1 is 0.800 bits per heavy atom. The molecule has 25 heavy (non-hydrogen) atoms. The minimum Gasteiger partial charge on any atom is -0.430 e. The Balaban J connectivity index is 2.24. The monoisotopic (exact) mass is 350 g/mol. The lowest BCUT2D eigenvalue weighted by molar-refractivity contribution is -0.354. The molecule has 0 aromatic carbocycles. The van der Waals surface area contributed by atoms with Crippen molar-refractivity contribution in [2.75, 3.05) is 0 Å². The van der Waals surface area contributed by atoms with E-state index in [1.807, 2.05) is 0 Å². The van der Waals surface area contributed by atoms with Gasteiger partial charge in [0.05, 0.1) is 0 Å². The average Bonchev–Trinajstić information content (AvgIpc) is 2.60.